The van der Waals surface area contributed by atoms with Crippen molar-refractivity contribution in [3.05, 3.63) is 46.7 Å². The summed E-state index contributed by atoms with van der Waals surface area (Å²) in [7, 11) is 1.97. The Morgan fingerprint density at radius 3 is 2.94 bits per heavy atom. The van der Waals surface area contributed by atoms with Gasteiger partial charge in [0, 0.05) is 18.8 Å². The Morgan fingerprint density at radius 2 is 2.22 bits per heavy atom. The summed E-state index contributed by atoms with van der Waals surface area (Å²) in [6.45, 7) is 0. The first-order valence-electron chi connectivity index (χ1n) is 5.72. The van der Waals surface area contributed by atoms with Gasteiger partial charge in [0.1, 0.15) is 11.9 Å². The van der Waals surface area contributed by atoms with E-state index in [2.05, 4.69) is 9.97 Å². The quantitative estimate of drug-likeness (QED) is 0.785. The Hall–Kier alpha value is -1.72. The van der Waals surface area contributed by atoms with Crippen molar-refractivity contribution >= 4 is 22.4 Å². The zero-order valence-electron chi connectivity index (χ0n) is 9.95. The maximum atomic E-state index is 10.1. The lowest BCUT2D eigenvalue weighted by molar-refractivity contribution is 0.171. The molecule has 0 aliphatic heterocycles. The van der Waals surface area contributed by atoms with Crippen LogP contribution < -0.4 is 0 Å². The zero-order chi connectivity index (χ0) is 12.5. The summed E-state index contributed by atoms with van der Waals surface area (Å²) in [5.41, 5.74) is 4.48. The highest BCUT2D eigenvalue weighted by atomic mass is 32.1. The van der Waals surface area contributed by atoms with Gasteiger partial charge in [0.15, 0.2) is 0 Å². The highest BCUT2D eigenvalue weighted by molar-refractivity contribution is 7.07. The molecule has 0 saturated heterocycles. The van der Waals surface area contributed by atoms with Crippen LogP contribution in [0.25, 0.3) is 11.0 Å². The van der Waals surface area contributed by atoms with E-state index >= 15 is 0 Å². The van der Waals surface area contributed by atoms with E-state index in [1.807, 2.05) is 41.3 Å². The number of hydrogen-bond donors (Lipinski definition) is 1. The number of hydrogen-bond acceptors (Lipinski definition) is 4. The van der Waals surface area contributed by atoms with Gasteiger partial charge in [-0.15, -0.1) is 11.3 Å². The molecule has 0 aliphatic rings. The van der Waals surface area contributed by atoms with Crippen LogP contribution in [-0.4, -0.2) is 19.6 Å². The molecule has 1 aromatic carbocycles. The molecule has 3 rings (SSSR count). The predicted octanol–water partition coefficient (Wildman–Crippen LogP) is 2.31. The summed E-state index contributed by atoms with van der Waals surface area (Å²) < 4.78 is 2.02. The Bertz CT molecular complexity index is 660. The molecule has 5 heteroatoms. The van der Waals surface area contributed by atoms with Gasteiger partial charge < -0.3 is 9.67 Å². The number of aryl methyl sites for hydroxylation is 1. The molecule has 3 aromatic rings. The molecule has 1 unspecified atom stereocenters. The van der Waals surface area contributed by atoms with Gasteiger partial charge in [-0.1, -0.05) is 12.1 Å². The molecule has 1 N–H and O–H groups in total. The molecule has 0 aliphatic carbocycles. The highest BCUT2D eigenvalue weighted by Gasteiger charge is 2.15. The van der Waals surface area contributed by atoms with E-state index in [-0.39, 0.29) is 0 Å². The van der Waals surface area contributed by atoms with Crippen LogP contribution in [-0.2, 0) is 13.5 Å². The number of imidazole rings is 1. The van der Waals surface area contributed by atoms with Crippen LogP contribution in [0.4, 0.5) is 0 Å². The minimum Gasteiger partial charge on any atom is -0.386 e. The average Bonchev–Trinajstić information content (AvgIpc) is 3.00. The van der Waals surface area contributed by atoms with Crippen molar-refractivity contribution in [2.45, 2.75) is 12.5 Å². The predicted molar refractivity (Wildman–Crippen MR) is 71.5 cm³/mol. The van der Waals surface area contributed by atoms with Crippen molar-refractivity contribution in [3.63, 3.8) is 0 Å². The Labute approximate surface area is 109 Å². The second kappa shape index (κ2) is 4.51. The van der Waals surface area contributed by atoms with Gasteiger partial charge in [-0.3, -0.25) is 0 Å². The normalized spacial score (nSPS) is 13.0. The largest absolute Gasteiger partial charge is 0.386 e. The van der Waals surface area contributed by atoms with Crippen molar-refractivity contribution in [1.82, 2.24) is 14.5 Å². The number of para-hydroxylation sites is 2. The van der Waals surface area contributed by atoms with Crippen LogP contribution in [0.5, 0.6) is 0 Å². The van der Waals surface area contributed by atoms with Gasteiger partial charge in [0.25, 0.3) is 0 Å². The lowest BCUT2D eigenvalue weighted by Gasteiger charge is -2.07. The van der Waals surface area contributed by atoms with Gasteiger partial charge >= 0.3 is 0 Å². The smallest absolute Gasteiger partial charge is 0.112 e. The number of aliphatic hydroxyl groups excluding tert-OH is 1. The summed E-state index contributed by atoms with van der Waals surface area (Å²) in [5, 5.41) is 12.0. The van der Waals surface area contributed by atoms with Gasteiger partial charge in [-0.2, -0.15) is 0 Å². The molecular weight excluding hydrogens is 246 g/mol. The lowest BCUT2D eigenvalue weighted by Crippen LogP contribution is -2.07. The molecule has 0 spiro atoms. The van der Waals surface area contributed by atoms with Gasteiger partial charge in [-0.25, -0.2) is 9.97 Å². The standard InChI is InChI=1S/C13H13N3OS/c1-16-11-5-3-2-4-9(11)15-13(16)6-12(17)10-7-18-8-14-10/h2-5,7-8,12,17H,6H2,1H3. The summed E-state index contributed by atoms with van der Waals surface area (Å²) in [6, 6.07) is 7.97. The molecule has 0 amide bonds. The van der Waals surface area contributed by atoms with E-state index in [0.29, 0.717) is 12.1 Å². The van der Waals surface area contributed by atoms with E-state index < -0.39 is 6.10 Å². The molecule has 0 saturated carbocycles. The van der Waals surface area contributed by atoms with Gasteiger partial charge in [-0.05, 0) is 12.1 Å². The first kappa shape index (κ1) is 11.4. The number of rotatable bonds is 3. The second-order valence-corrected chi connectivity index (χ2v) is 4.93. The fourth-order valence-electron chi connectivity index (χ4n) is 2.04. The summed E-state index contributed by atoms with van der Waals surface area (Å²) in [4.78, 5) is 8.67. The molecule has 0 bridgehead atoms. The van der Waals surface area contributed by atoms with E-state index in [1.54, 1.807) is 5.51 Å². The Morgan fingerprint density at radius 1 is 1.39 bits per heavy atom. The molecule has 92 valence electrons. The number of aliphatic hydroxyl groups is 1. The van der Waals surface area contributed by atoms with Crippen molar-refractivity contribution in [2.24, 2.45) is 7.05 Å². The van der Waals surface area contributed by atoms with E-state index in [9.17, 15) is 5.11 Å². The molecule has 0 fully saturated rings. The average molecular weight is 259 g/mol. The SMILES string of the molecule is Cn1c(CC(O)c2cscn2)nc2ccccc21. The first-order chi connectivity index (χ1) is 8.75. The minimum atomic E-state index is -0.591. The topological polar surface area (TPSA) is 50.9 Å². The highest BCUT2D eigenvalue weighted by Crippen LogP contribution is 2.20. The number of thiazole rings is 1. The first-order valence-corrected chi connectivity index (χ1v) is 6.66. The van der Waals surface area contributed by atoms with Gasteiger partial charge in [0.2, 0.25) is 0 Å². The van der Waals surface area contributed by atoms with E-state index in [1.165, 1.54) is 11.3 Å². The van der Waals surface area contributed by atoms with Crippen LogP contribution in [0, 0.1) is 0 Å². The van der Waals surface area contributed by atoms with Crippen molar-refractivity contribution < 1.29 is 5.11 Å². The minimum absolute atomic E-state index is 0.481. The maximum absolute atomic E-state index is 10.1. The van der Waals surface area contributed by atoms with E-state index in [0.717, 1.165) is 16.9 Å². The lowest BCUT2D eigenvalue weighted by atomic mass is 10.2. The number of benzene rings is 1. The molecule has 1 atom stereocenters. The molecular formula is C13H13N3OS. The second-order valence-electron chi connectivity index (χ2n) is 4.21. The van der Waals surface area contributed by atoms with Gasteiger partial charge in [0.05, 0.1) is 22.2 Å². The molecule has 0 radical (unpaired) electrons. The van der Waals surface area contributed by atoms with Crippen LogP contribution in [0.1, 0.15) is 17.6 Å². The summed E-state index contributed by atoms with van der Waals surface area (Å²) in [5.74, 6) is 0.872. The summed E-state index contributed by atoms with van der Waals surface area (Å²) >= 11 is 1.49. The monoisotopic (exact) mass is 259 g/mol. The van der Waals surface area contributed by atoms with Crippen LogP contribution in [0.2, 0.25) is 0 Å². The van der Waals surface area contributed by atoms with Crippen molar-refractivity contribution in [2.75, 3.05) is 0 Å². The molecule has 2 heterocycles. The zero-order valence-corrected chi connectivity index (χ0v) is 10.8. The fourth-order valence-corrected chi connectivity index (χ4v) is 2.64. The third-order valence-corrected chi connectivity index (χ3v) is 3.65. The van der Waals surface area contributed by atoms with E-state index in [4.69, 9.17) is 0 Å². The van der Waals surface area contributed by atoms with Crippen LogP contribution >= 0.6 is 11.3 Å². The van der Waals surface area contributed by atoms with Crippen molar-refractivity contribution in [1.29, 1.82) is 0 Å². The number of aromatic nitrogens is 3. The third-order valence-electron chi connectivity index (χ3n) is 3.05. The molecule has 18 heavy (non-hydrogen) atoms. The number of nitrogens with zero attached hydrogens (tertiary/aromatic N) is 3. The summed E-state index contributed by atoms with van der Waals surface area (Å²) in [6.07, 6.45) is -0.110. The van der Waals surface area contributed by atoms with Crippen molar-refractivity contribution in [3.8, 4) is 0 Å². The maximum Gasteiger partial charge on any atom is 0.112 e. The Balaban J connectivity index is 1.93. The van der Waals surface area contributed by atoms with Crippen LogP contribution in [0.15, 0.2) is 35.2 Å². The molecule has 2 aromatic heterocycles. The fraction of sp³-hybridized carbons (Fsp3) is 0.231. The molecule has 4 nitrogen and oxygen atoms in total. The van der Waals surface area contributed by atoms with Crippen LogP contribution in [0.3, 0.4) is 0 Å². The Kier molecular flexibility index (Phi) is 2.85. The number of fused-ring (bicyclic) bond motifs is 1. The third kappa shape index (κ3) is 1.91.